The van der Waals surface area contributed by atoms with Gasteiger partial charge >= 0.3 is 5.97 Å². The van der Waals surface area contributed by atoms with E-state index in [1.54, 1.807) is 6.92 Å². The largest absolute Gasteiger partial charge is 0.460 e. The van der Waals surface area contributed by atoms with E-state index in [4.69, 9.17) is 9.15 Å². The van der Waals surface area contributed by atoms with Gasteiger partial charge in [-0.3, -0.25) is 4.79 Å². The number of rotatable bonds is 6. The van der Waals surface area contributed by atoms with Crippen LogP contribution in [0.2, 0.25) is 0 Å². The molecule has 2 fully saturated rings. The molecule has 1 atom stereocenters. The van der Waals surface area contributed by atoms with Crippen molar-refractivity contribution in [2.45, 2.75) is 63.5 Å². The Morgan fingerprint density at radius 2 is 1.83 bits per heavy atom. The van der Waals surface area contributed by atoms with Crippen molar-refractivity contribution in [2.24, 2.45) is 5.92 Å². The zero-order chi connectivity index (χ0) is 21.0. The SMILES string of the molecule is CCOC(=O)c1ccc(S(=O)(=O)N2CCC(C(=O)N3CCCCC3CC)CC2)o1. The number of ether oxygens (including phenoxy) is 1. The van der Waals surface area contributed by atoms with E-state index in [9.17, 15) is 18.0 Å². The Labute approximate surface area is 172 Å². The number of hydrogen-bond acceptors (Lipinski definition) is 6. The molecule has 29 heavy (non-hydrogen) atoms. The lowest BCUT2D eigenvalue weighted by Crippen LogP contribution is -2.49. The molecule has 162 valence electrons. The molecule has 0 N–H and O–H groups in total. The van der Waals surface area contributed by atoms with Crippen LogP contribution in [0, 0.1) is 5.92 Å². The van der Waals surface area contributed by atoms with Gasteiger partial charge in [-0.1, -0.05) is 6.92 Å². The third-order valence-electron chi connectivity index (χ3n) is 5.84. The van der Waals surface area contributed by atoms with Gasteiger partial charge in [0.2, 0.25) is 16.8 Å². The van der Waals surface area contributed by atoms with Crippen LogP contribution < -0.4 is 0 Å². The number of furan rings is 1. The highest BCUT2D eigenvalue weighted by atomic mass is 32.2. The second kappa shape index (κ2) is 9.30. The smallest absolute Gasteiger partial charge is 0.374 e. The second-order valence-corrected chi connectivity index (χ2v) is 9.48. The highest BCUT2D eigenvalue weighted by Crippen LogP contribution is 2.29. The average Bonchev–Trinajstić information content (AvgIpc) is 3.25. The normalized spacial score (nSPS) is 21.9. The van der Waals surface area contributed by atoms with Crippen molar-refractivity contribution in [3.05, 3.63) is 17.9 Å². The van der Waals surface area contributed by atoms with Gasteiger partial charge in [-0.15, -0.1) is 0 Å². The molecule has 2 aliphatic rings. The first kappa shape index (κ1) is 21.8. The number of piperidine rings is 2. The van der Waals surface area contributed by atoms with Crippen LogP contribution in [0.5, 0.6) is 0 Å². The molecule has 0 radical (unpaired) electrons. The van der Waals surface area contributed by atoms with Crippen LogP contribution in [0.4, 0.5) is 0 Å². The number of esters is 1. The Kier molecular flexibility index (Phi) is 7.00. The van der Waals surface area contributed by atoms with Gasteiger partial charge < -0.3 is 14.1 Å². The highest BCUT2D eigenvalue weighted by molar-refractivity contribution is 7.89. The summed E-state index contributed by atoms with van der Waals surface area (Å²) in [5.74, 6) is -0.798. The maximum Gasteiger partial charge on any atom is 0.374 e. The molecule has 8 nitrogen and oxygen atoms in total. The number of carbonyl (C=O) groups is 2. The molecule has 0 saturated carbocycles. The van der Waals surface area contributed by atoms with E-state index in [1.807, 2.05) is 4.90 Å². The molecule has 2 aliphatic heterocycles. The Balaban J connectivity index is 1.62. The molecule has 0 bridgehead atoms. The molecular weight excluding hydrogens is 396 g/mol. The summed E-state index contributed by atoms with van der Waals surface area (Å²) >= 11 is 0. The van der Waals surface area contributed by atoms with Crippen molar-refractivity contribution < 1.29 is 27.2 Å². The number of carbonyl (C=O) groups excluding carboxylic acids is 2. The van der Waals surface area contributed by atoms with Crippen molar-refractivity contribution in [2.75, 3.05) is 26.2 Å². The zero-order valence-electron chi connectivity index (χ0n) is 17.1. The van der Waals surface area contributed by atoms with Crippen molar-refractivity contribution >= 4 is 21.9 Å². The van der Waals surface area contributed by atoms with E-state index in [-0.39, 0.29) is 42.4 Å². The molecule has 3 rings (SSSR count). The van der Waals surface area contributed by atoms with Crippen LogP contribution in [0.25, 0.3) is 0 Å². The monoisotopic (exact) mass is 426 g/mol. The quantitative estimate of drug-likeness (QED) is 0.649. The molecule has 1 unspecified atom stereocenters. The molecule has 2 saturated heterocycles. The lowest BCUT2D eigenvalue weighted by atomic mass is 9.92. The number of sulfonamides is 1. The number of nitrogens with zero attached hydrogens (tertiary/aromatic N) is 2. The molecular formula is C20H30N2O6S. The minimum Gasteiger partial charge on any atom is -0.460 e. The Morgan fingerprint density at radius 1 is 1.10 bits per heavy atom. The van der Waals surface area contributed by atoms with Crippen LogP contribution in [0.1, 0.15) is 62.9 Å². The van der Waals surface area contributed by atoms with E-state index in [1.165, 1.54) is 16.4 Å². The van der Waals surface area contributed by atoms with Gasteiger partial charge in [-0.05, 0) is 57.6 Å². The van der Waals surface area contributed by atoms with Crippen LogP contribution >= 0.6 is 0 Å². The topological polar surface area (TPSA) is 97.1 Å². The maximum atomic E-state index is 13.0. The van der Waals surface area contributed by atoms with E-state index < -0.39 is 16.0 Å². The standard InChI is InChI=1S/C20H30N2O6S/c1-3-16-7-5-6-12-22(16)19(23)15-10-13-21(14-11-15)29(25,26)18-9-8-17(28-18)20(24)27-4-2/h8-9,15-16H,3-7,10-14H2,1-2H3. The number of likely N-dealkylation sites (tertiary alicyclic amines) is 1. The van der Waals surface area contributed by atoms with Gasteiger partial charge in [0, 0.05) is 31.6 Å². The van der Waals surface area contributed by atoms with Gasteiger partial charge in [-0.2, -0.15) is 4.31 Å². The molecule has 1 amide bonds. The first-order valence-corrected chi connectivity index (χ1v) is 11.9. The molecule has 1 aromatic heterocycles. The van der Waals surface area contributed by atoms with Crippen LogP contribution in [-0.4, -0.2) is 61.8 Å². The second-order valence-electron chi connectivity index (χ2n) is 7.61. The summed E-state index contributed by atoms with van der Waals surface area (Å²) in [5, 5.41) is -0.271. The van der Waals surface area contributed by atoms with Gasteiger partial charge in [0.1, 0.15) is 0 Å². The van der Waals surface area contributed by atoms with Crippen molar-refractivity contribution in [3.8, 4) is 0 Å². The summed E-state index contributed by atoms with van der Waals surface area (Å²) in [6, 6.07) is 2.89. The van der Waals surface area contributed by atoms with E-state index in [2.05, 4.69) is 6.92 Å². The summed E-state index contributed by atoms with van der Waals surface area (Å²) in [6.45, 7) is 5.28. The molecule has 0 aromatic carbocycles. The molecule has 3 heterocycles. The van der Waals surface area contributed by atoms with Gasteiger partial charge in [-0.25, -0.2) is 13.2 Å². The van der Waals surface area contributed by atoms with Gasteiger partial charge in [0.25, 0.3) is 10.0 Å². The predicted octanol–water partition coefficient (Wildman–Crippen LogP) is 2.65. The minimum atomic E-state index is -3.85. The van der Waals surface area contributed by atoms with Crippen molar-refractivity contribution in [3.63, 3.8) is 0 Å². The van der Waals surface area contributed by atoms with E-state index >= 15 is 0 Å². The van der Waals surface area contributed by atoms with Crippen molar-refractivity contribution in [1.82, 2.24) is 9.21 Å². The number of amides is 1. The zero-order valence-corrected chi connectivity index (χ0v) is 17.9. The Bertz CT molecular complexity index is 826. The first-order valence-electron chi connectivity index (χ1n) is 10.5. The Morgan fingerprint density at radius 3 is 2.48 bits per heavy atom. The van der Waals surface area contributed by atoms with E-state index in [0.29, 0.717) is 18.9 Å². The lowest BCUT2D eigenvalue weighted by Gasteiger charge is -2.39. The maximum absolute atomic E-state index is 13.0. The van der Waals surface area contributed by atoms with Gasteiger partial charge in [0.15, 0.2) is 0 Å². The van der Waals surface area contributed by atoms with Crippen LogP contribution in [0.15, 0.2) is 21.6 Å². The van der Waals surface area contributed by atoms with Crippen LogP contribution in [-0.2, 0) is 19.6 Å². The fourth-order valence-corrected chi connectivity index (χ4v) is 5.57. The molecule has 9 heteroatoms. The summed E-state index contributed by atoms with van der Waals surface area (Å²) in [7, 11) is -3.85. The average molecular weight is 427 g/mol. The first-order chi connectivity index (χ1) is 13.9. The van der Waals surface area contributed by atoms with E-state index in [0.717, 1.165) is 32.2 Å². The Hall–Kier alpha value is -1.87. The summed E-state index contributed by atoms with van der Waals surface area (Å²) in [4.78, 5) is 26.7. The number of hydrogen-bond donors (Lipinski definition) is 0. The predicted molar refractivity (Wildman–Crippen MR) is 106 cm³/mol. The highest BCUT2D eigenvalue weighted by Gasteiger charge is 2.37. The summed E-state index contributed by atoms with van der Waals surface area (Å²) in [6.07, 6.45) is 5.20. The fraction of sp³-hybridized carbons (Fsp3) is 0.700. The summed E-state index contributed by atoms with van der Waals surface area (Å²) < 4.78 is 37.1. The van der Waals surface area contributed by atoms with Crippen LogP contribution in [0.3, 0.4) is 0 Å². The fourth-order valence-electron chi connectivity index (χ4n) is 4.19. The van der Waals surface area contributed by atoms with Gasteiger partial charge in [0.05, 0.1) is 6.61 Å². The van der Waals surface area contributed by atoms with Crippen molar-refractivity contribution in [1.29, 1.82) is 0 Å². The molecule has 0 aliphatic carbocycles. The molecule has 1 aromatic rings. The lowest BCUT2D eigenvalue weighted by molar-refractivity contribution is -0.140. The third kappa shape index (κ3) is 4.66. The molecule has 0 spiro atoms. The minimum absolute atomic E-state index is 0.133. The third-order valence-corrected chi connectivity index (χ3v) is 7.61. The summed E-state index contributed by atoms with van der Waals surface area (Å²) in [5.41, 5.74) is 0.